The predicted molar refractivity (Wildman–Crippen MR) is 52.7 cm³/mol. The molecular weight excluding hydrogens is 271 g/mol. The Morgan fingerprint density at radius 3 is 3.08 bits per heavy atom. The van der Waals surface area contributed by atoms with E-state index in [1.807, 2.05) is 6.20 Å². The Balaban J connectivity index is 2.29. The molecule has 1 aromatic rings. The molecule has 0 spiro atoms. The van der Waals surface area contributed by atoms with E-state index in [1.54, 1.807) is 4.68 Å². The maximum atomic E-state index is 6.89. The molecule has 0 aromatic carbocycles. The normalized spacial score (nSPS) is 9.75. The summed E-state index contributed by atoms with van der Waals surface area (Å²) in [5.74, 6) is -0.0233. The highest BCUT2D eigenvalue weighted by atomic mass is 127. The van der Waals surface area contributed by atoms with Crippen LogP contribution in [0.15, 0.2) is 6.20 Å². The summed E-state index contributed by atoms with van der Waals surface area (Å²) in [4.78, 5) is 0. The molecule has 1 aromatic heterocycles. The lowest BCUT2D eigenvalue weighted by Crippen LogP contribution is -2.32. The van der Waals surface area contributed by atoms with Gasteiger partial charge in [0.15, 0.2) is 5.96 Å². The molecule has 12 heavy (non-hydrogen) atoms. The van der Waals surface area contributed by atoms with E-state index in [2.05, 4.69) is 38.2 Å². The van der Waals surface area contributed by atoms with Gasteiger partial charge in [0.05, 0.1) is 12.7 Å². The monoisotopic (exact) mass is 280 g/mol. The molecule has 0 aliphatic carbocycles. The lowest BCUT2D eigenvalue weighted by atomic mass is 10.6. The van der Waals surface area contributed by atoms with Crippen molar-refractivity contribution in [3.63, 3.8) is 0 Å². The molecule has 0 atom stereocenters. The van der Waals surface area contributed by atoms with Gasteiger partial charge in [-0.15, -0.1) is 5.10 Å². The third-order valence-electron chi connectivity index (χ3n) is 1.17. The van der Waals surface area contributed by atoms with Crippen LogP contribution in [0.3, 0.4) is 0 Å². The third-order valence-corrected chi connectivity index (χ3v) is 1.66. The van der Waals surface area contributed by atoms with Gasteiger partial charge < -0.3 is 11.1 Å². The van der Waals surface area contributed by atoms with Gasteiger partial charge in [-0.05, 0) is 22.6 Å². The van der Waals surface area contributed by atoms with Crippen molar-refractivity contribution in [2.75, 3.05) is 6.54 Å². The Kier molecular flexibility index (Phi) is 3.26. The largest absolute Gasteiger partial charge is 0.370 e. The molecule has 0 saturated heterocycles. The number of nitrogens with zero attached hydrogens (tertiary/aromatic N) is 3. The first kappa shape index (κ1) is 9.23. The number of rotatable bonds is 3. The fourth-order valence-electron chi connectivity index (χ4n) is 0.689. The molecular formula is C5H9IN6. The number of nitrogens with two attached hydrogens (primary N) is 1. The van der Waals surface area contributed by atoms with Gasteiger partial charge in [0, 0.05) is 6.54 Å². The van der Waals surface area contributed by atoms with Crippen molar-refractivity contribution in [2.24, 2.45) is 5.73 Å². The minimum atomic E-state index is -0.0233. The van der Waals surface area contributed by atoms with Crippen LogP contribution in [0.4, 0.5) is 0 Å². The van der Waals surface area contributed by atoms with Gasteiger partial charge in [0.1, 0.15) is 3.70 Å². The number of aromatic nitrogens is 3. The fourth-order valence-corrected chi connectivity index (χ4v) is 1.11. The van der Waals surface area contributed by atoms with E-state index < -0.39 is 0 Å². The molecule has 4 N–H and O–H groups in total. The molecule has 66 valence electrons. The van der Waals surface area contributed by atoms with Crippen LogP contribution in [0.25, 0.3) is 0 Å². The first-order chi connectivity index (χ1) is 5.68. The van der Waals surface area contributed by atoms with E-state index in [-0.39, 0.29) is 5.96 Å². The van der Waals surface area contributed by atoms with Gasteiger partial charge in [-0.1, -0.05) is 5.21 Å². The van der Waals surface area contributed by atoms with Crippen molar-refractivity contribution in [1.82, 2.24) is 20.3 Å². The lowest BCUT2D eigenvalue weighted by molar-refractivity contribution is 0.579. The van der Waals surface area contributed by atoms with E-state index in [4.69, 9.17) is 11.1 Å². The van der Waals surface area contributed by atoms with Crippen molar-refractivity contribution in [2.45, 2.75) is 6.54 Å². The molecule has 1 rings (SSSR count). The van der Waals surface area contributed by atoms with Crippen LogP contribution in [-0.2, 0) is 6.54 Å². The molecule has 0 amide bonds. The maximum absolute atomic E-state index is 6.89. The molecule has 0 saturated carbocycles. The molecule has 1 heterocycles. The highest BCUT2D eigenvalue weighted by molar-refractivity contribution is 14.1. The average molecular weight is 280 g/mol. The molecule has 0 radical (unpaired) electrons. The second-order valence-corrected chi connectivity index (χ2v) is 3.25. The fraction of sp³-hybridized carbons (Fsp3) is 0.400. The second kappa shape index (κ2) is 4.24. The smallest absolute Gasteiger partial charge is 0.185 e. The van der Waals surface area contributed by atoms with Gasteiger partial charge in [0.2, 0.25) is 0 Å². The summed E-state index contributed by atoms with van der Waals surface area (Å²) in [7, 11) is 0. The van der Waals surface area contributed by atoms with Crippen molar-refractivity contribution in [1.29, 1.82) is 5.41 Å². The minimum Gasteiger partial charge on any atom is -0.370 e. The van der Waals surface area contributed by atoms with Crippen molar-refractivity contribution in [3.05, 3.63) is 9.90 Å². The Hall–Kier alpha value is -0.860. The maximum Gasteiger partial charge on any atom is 0.185 e. The van der Waals surface area contributed by atoms with Crippen LogP contribution in [-0.4, -0.2) is 27.5 Å². The number of nitrogens with one attached hydrogen (secondary N) is 2. The Bertz CT molecular complexity index is 269. The van der Waals surface area contributed by atoms with Crippen molar-refractivity contribution < 1.29 is 0 Å². The van der Waals surface area contributed by atoms with E-state index >= 15 is 0 Å². The first-order valence-electron chi connectivity index (χ1n) is 3.32. The summed E-state index contributed by atoms with van der Waals surface area (Å²) in [5.41, 5.74) is 5.09. The number of guanidine groups is 1. The summed E-state index contributed by atoms with van der Waals surface area (Å²) >= 11 is 2.08. The van der Waals surface area contributed by atoms with E-state index in [0.717, 1.165) is 3.70 Å². The number of hydrogen-bond donors (Lipinski definition) is 3. The zero-order chi connectivity index (χ0) is 8.97. The van der Waals surface area contributed by atoms with Crippen LogP contribution in [0.2, 0.25) is 0 Å². The Labute approximate surface area is 83.2 Å². The predicted octanol–water partition coefficient (Wildman–Crippen LogP) is -0.634. The summed E-state index contributed by atoms with van der Waals surface area (Å²) < 4.78 is 2.55. The zero-order valence-corrected chi connectivity index (χ0v) is 8.45. The lowest BCUT2D eigenvalue weighted by Gasteiger charge is -2.01. The number of hydrogen-bond acceptors (Lipinski definition) is 3. The van der Waals surface area contributed by atoms with Gasteiger partial charge in [0.25, 0.3) is 0 Å². The van der Waals surface area contributed by atoms with E-state index in [1.165, 1.54) is 0 Å². The van der Waals surface area contributed by atoms with Crippen LogP contribution in [0.5, 0.6) is 0 Å². The topological polar surface area (TPSA) is 92.6 Å². The SMILES string of the molecule is N=C(N)NCCn1cc(I)nn1. The van der Waals surface area contributed by atoms with Gasteiger partial charge in [-0.2, -0.15) is 0 Å². The summed E-state index contributed by atoms with van der Waals surface area (Å²) in [6, 6.07) is 0. The summed E-state index contributed by atoms with van der Waals surface area (Å²) in [5, 5.41) is 17.2. The third kappa shape index (κ3) is 3.03. The van der Waals surface area contributed by atoms with Crippen LogP contribution in [0.1, 0.15) is 0 Å². The molecule has 0 aliphatic rings. The van der Waals surface area contributed by atoms with E-state index in [0.29, 0.717) is 13.1 Å². The first-order valence-corrected chi connectivity index (χ1v) is 4.40. The second-order valence-electron chi connectivity index (χ2n) is 2.14. The summed E-state index contributed by atoms with van der Waals surface area (Å²) in [6.07, 6.45) is 1.82. The van der Waals surface area contributed by atoms with E-state index in [9.17, 15) is 0 Å². The van der Waals surface area contributed by atoms with Crippen LogP contribution < -0.4 is 11.1 Å². The summed E-state index contributed by atoms with van der Waals surface area (Å²) in [6.45, 7) is 1.25. The Morgan fingerprint density at radius 1 is 1.83 bits per heavy atom. The Morgan fingerprint density at radius 2 is 2.58 bits per heavy atom. The average Bonchev–Trinajstić information content (AvgIpc) is 2.35. The van der Waals surface area contributed by atoms with Crippen LogP contribution in [0, 0.1) is 9.11 Å². The molecule has 0 bridgehead atoms. The zero-order valence-electron chi connectivity index (χ0n) is 6.29. The standard InChI is InChI=1S/C5H9IN6/c6-4-3-12(11-10-4)2-1-9-5(7)8/h3H,1-2H2,(H4,7,8,9). The highest BCUT2D eigenvalue weighted by Gasteiger charge is 1.95. The molecule has 6 nitrogen and oxygen atoms in total. The molecule has 7 heteroatoms. The van der Waals surface area contributed by atoms with Gasteiger partial charge >= 0.3 is 0 Å². The minimum absolute atomic E-state index is 0.0233. The number of halogens is 1. The highest BCUT2D eigenvalue weighted by Crippen LogP contribution is 1.95. The van der Waals surface area contributed by atoms with Crippen LogP contribution >= 0.6 is 22.6 Å². The van der Waals surface area contributed by atoms with Crippen molar-refractivity contribution in [3.8, 4) is 0 Å². The van der Waals surface area contributed by atoms with Gasteiger partial charge in [-0.25, -0.2) is 4.68 Å². The van der Waals surface area contributed by atoms with Crippen molar-refractivity contribution >= 4 is 28.6 Å². The molecule has 0 unspecified atom stereocenters. The molecule has 0 fully saturated rings. The van der Waals surface area contributed by atoms with Gasteiger partial charge in [-0.3, -0.25) is 5.41 Å². The quantitative estimate of drug-likeness (QED) is 0.390. The molecule has 0 aliphatic heterocycles.